The number of hydrogen-bond donors (Lipinski definition) is 1. The lowest BCUT2D eigenvalue weighted by molar-refractivity contribution is -0.119. The molecule has 1 N–H and O–H groups in total. The van der Waals surface area contributed by atoms with Crippen LogP contribution in [0.25, 0.3) is 16.9 Å². The van der Waals surface area contributed by atoms with Gasteiger partial charge in [-0.3, -0.25) is 9.52 Å². The number of hydrogen-bond acceptors (Lipinski definition) is 4. The molecule has 0 atom stereocenters. The van der Waals surface area contributed by atoms with E-state index in [1.165, 1.54) is 0 Å². The molecule has 0 radical (unpaired) electrons. The van der Waals surface area contributed by atoms with Crippen molar-refractivity contribution in [1.82, 2.24) is 14.5 Å². The molecule has 1 aliphatic carbocycles. The van der Waals surface area contributed by atoms with Crippen LogP contribution in [0.2, 0.25) is 5.02 Å². The van der Waals surface area contributed by atoms with E-state index in [1.54, 1.807) is 16.8 Å². The Balaban J connectivity index is 1.59. The topological polar surface area (TPSA) is 81.1 Å². The van der Waals surface area contributed by atoms with Gasteiger partial charge in [0.1, 0.15) is 0 Å². The van der Waals surface area contributed by atoms with E-state index in [1.807, 2.05) is 42.6 Å². The zero-order valence-electron chi connectivity index (χ0n) is 15.9. The Bertz CT molecular complexity index is 1170. The summed E-state index contributed by atoms with van der Waals surface area (Å²) < 4.78 is 28.9. The zero-order valence-corrected chi connectivity index (χ0v) is 19.0. The smallest absolute Gasteiger partial charge is 0.237 e. The van der Waals surface area contributed by atoms with Gasteiger partial charge in [-0.05, 0) is 61.2 Å². The van der Waals surface area contributed by atoms with Crippen LogP contribution in [0.4, 0.5) is 0 Å². The Morgan fingerprint density at radius 2 is 1.80 bits per heavy atom. The molecule has 0 aliphatic heterocycles. The van der Waals surface area contributed by atoms with Gasteiger partial charge in [0.15, 0.2) is 0 Å². The number of halogens is 2. The summed E-state index contributed by atoms with van der Waals surface area (Å²) in [6.07, 6.45) is 3.52. The van der Waals surface area contributed by atoms with Crippen LogP contribution in [-0.4, -0.2) is 29.4 Å². The van der Waals surface area contributed by atoms with Gasteiger partial charge in [0, 0.05) is 27.7 Å². The molecule has 30 heavy (non-hydrogen) atoms. The van der Waals surface area contributed by atoms with E-state index < -0.39 is 21.2 Å². The maximum Gasteiger partial charge on any atom is 0.237 e. The SMILES string of the molecule is O=C(CCc1cn(-c2ccc(Br)cc2)nc1-c1ccc(Cl)cc1)NS(=O)(=O)C1CC1. The lowest BCUT2D eigenvalue weighted by Crippen LogP contribution is -2.33. The van der Waals surface area contributed by atoms with Crippen LogP contribution in [0.15, 0.2) is 59.2 Å². The molecule has 4 rings (SSSR count). The Kier molecular flexibility index (Phi) is 5.99. The van der Waals surface area contributed by atoms with Gasteiger partial charge in [0.05, 0.1) is 16.6 Å². The minimum Gasteiger partial charge on any atom is -0.274 e. The highest BCUT2D eigenvalue weighted by molar-refractivity contribution is 9.10. The average Bonchev–Trinajstić information content (AvgIpc) is 3.49. The highest BCUT2D eigenvalue weighted by Crippen LogP contribution is 2.28. The minimum atomic E-state index is -3.54. The predicted octanol–water partition coefficient (Wildman–Crippen LogP) is 4.50. The monoisotopic (exact) mass is 507 g/mol. The summed E-state index contributed by atoms with van der Waals surface area (Å²) in [7, 11) is -3.54. The lowest BCUT2D eigenvalue weighted by Gasteiger charge is -2.06. The van der Waals surface area contributed by atoms with Crippen molar-refractivity contribution in [2.45, 2.75) is 30.9 Å². The number of benzene rings is 2. The second kappa shape index (κ2) is 8.53. The summed E-state index contributed by atoms with van der Waals surface area (Å²) in [5.74, 6) is -0.500. The van der Waals surface area contributed by atoms with Gasteiger partial charge in [0.2, 0.25) is 15.9 Å². The first-order valence-corrected chi connectivity index (χ1v) is 12.2. The zero-order chi connectivity index (χ0) is 21.3. The van der Waals surface area contributed by atoms with Crippen LogP contribution in [0, 0.1) is 0 Å². The summed E-state index contributed by atoms with van der Waals surface area (Å²) >= 11 is 9.43. The third kappa shape index (κ3) is 4.94. The molecule has 1 aliphatic rings. The van der Waals surface area contributed by atoms with Gasteiger partial charge in [-0.1, -0.05) is 39.7 Å². The van der Waals surface area contributed by atoms with E-state index in [4.69, 9.17) is 16.7 Å². The third-order valence-electron chi connectivity index (χ3n) is 4.84. The van der Waals surface area contributed by atoms with Crippen molar-refractivity contribution < 1.29 is 13.2 Å². The van der Waals surface area contributed by atoms with Crippen molar-refractivity contribution in [3.05, 3.63) is 69.8 Å². The van der Waals surface area contributed by atoms with Gasteiger partial charge >= 0.3 is 0 Å². The predicted molar refractivity (Wildman–Crippen MR) is 120 cm³/mol. The van der Waals surface area contributed by atoms with Crippen LogP contribution in [0.1, 0.15) is 24.8 Å². The van der Waals surface area contributed by atoms with Crippen molar-refractivity contribution in [3.8, 4) is 16.9 Å². The van der Waals surface area contributed by atoms with E-state index in [0.717, 1.165) is 27.0 Å². The molecule has 3 aromatic rings. The summed E-state index contributed by atoms with van der Waals surface area (Å²) in [5.41, 5.74) is 3.32. The summed E-state index contributed by atoms with van der Waals surface area (Å²) in [4.78, 5) is 12.2. The standard InChI is InChI=1S/C21H19BrClN3O3S/c22-16-4-8-18(9-5-16)26-13-15(21(24-26)14-1-6-17(23)7-2-14)3-12-20(27)25-30(28,29)19-10-11-19/h1-2,4-9,13,19H,3,10-12H2,(H,25,27). The normalized spacial score (nSPS) is 13.9. The average molecular weight is 509 g/mol. The highest BCUT2D eigenvalue weighted by Gasteiger charge is 2.36. The maximum atomic E-state index is 12.2. The van der Waals surface area contributed by atoms with Gasteiger partial charge in [-0.25, -0.2) is 13.1 Å². The number of aromatic nitrogens is 2. The Morgan fingerprint density at radius 3 is 2.43 bits per heavy atom. The van der Waals surface area contributed by atoms with Crippen LogP contribution in [0.3, 0.4) is 0 Å². The second-order valence-electron chi connectivity index (χ2n) is 7.20. The van der Waals surface area contributed by atoms with Crippen molar-refractivity contribution in [1.29, 1.82) is 0 Å². The lowest BCUT2D eigenvalue weighted by atomic mass is 10.0. The molecule has 0 saturated heterocycles. The minimum absolute atomic E-state index is 0.0541. The molecular weight excluding hydrogens is 490 g/mol. The summed E-state index contributed by atoms with van der Waals surface area (Å²) in [6, 6.07) is 15.0. The van der Waals surface area contributed by atoms with Gasteiger partial charge in [-0.2, -0.15) is 5.10 Å². The van der Waals surface area contributed by atoms with Crippen molar-refractivity contribution in [2.75, 3.05) is 0 Å². The van der Waals surface area contributed by atoms with Gasteiger partial charge in [0.25, 0.3) is 0 Å². The van der Waals surface area contributed by atoms with Crippen LogP contribution in [0.5, 0.6) is 0 Å². The van der Waals surface area contributed by atoms with E-state index >= 15 is 0 Å². The molecule has 0 bridgehead atoms. The van der Waals surface area contributed by atoms with E-state index in [-0.39, 0.29) is 6.42 Å². The van der Waals surface area contributed by atoms with Crippen molar-refractivity contribution >= 4 is 43.5 Å². The van der Waals surface area contributed by atoms with Crippen LogP contribution < -0.4 is 4.72 Å². The van der Waals surface area contributed by atoms with E-state index in [0.29, 0.717) is 24.3 Å². The molecular formula is C21H19BrClN3O3S. The third-order valence-corrected chi connectivity index (χ3v) is 7.48. The molecule has 9 heteroatoms. The molecule has 1 heterocycles. The number of sulfonamides is 1. The number of rotatable bonds is 7. The first-order chi connectivity index (χ1) is 14.3. The first kappa shape index (κ1) is 21.1. The summed E-state index contributed by atoms with van der Waals surface area (Å²) in [6.45, 7) is 0. The van der Waals surface area contributed by atoms with Crippen molar-refractivity contribution in [3.63, 3.8) is 0 Å². The van der Waals surface area contributed by atoms with E-state index in [9.17, 15) is 13.2 Å². The highest BCUT2D eigenvalue weighted by atomic mass is 79.9. The Labute approximate surface area is 188 Å². The van der Waals surface area contributed by atoms with E-state index in [2.05, 4.69) is 20.7 Å². The number of amides is 1. The van der Waals surface area contributed by atoms with Gasteiger partial charge in [-0.15, -0.1) is 0 Å². The summed E-state index contributed by atoms with van der Waals surface area (Å²) in [5, 5.41) is 4.91. The molecule has 1 fully saturated rings. The number of nitrogens with zero attached hydrogens (tertiary/aromatic N) is 2. The molecule has 0 spiro atoms. The Hall–Kier alpha value is -2.16. The largest absolute Gasteiger partial charge is 0.274 e. The molecule has 156 valence electrons. The number of carbonyl (C=O) groups is 1. The molecule has 1 aromatic heterocycles. The van der Waals surface area contributed by atoms with Gasteiger partial charge < -0.3 is 0 Å². The second-order valence-corrected chi connectivity index (χ2v) is 10.5. The van der Waals surface area contributed by atoms with Crippen LogP contribution in [-0.2, 0) is 21.2 Å². The number of aryl methyl sites for hydroxylation is 1. The number of carbonyl (C=O) groups excluding carboxylic acids is 1. The fourth-order valence-corrected chi connectivity index (χ4v) is 4.82. The fraction of sp³-hybridized carbons (Fsp3) is 0.238. The molecule has 0 unspecified atom stereocenters. The first-order valence-electron chi connectivity index (χ1n) is 9.47. The van der Waals surface area contributed by atoms with Crippen molar-refractivity contribution in [2.24, 2.45) is 0 Å². The number of nitrogens with one attached hydrogen (secondary N) is 1. The molecule has 1 amide bonds. The molecule has 2 aromatic carbocycles. The maximum absolute atomic E-state index is 12.2. The van der Waals surface area contributed by atoms with Crippen LogP contribution >= 0.6 is 27.5 Å². The molecule has 6 nitrogen and oxygen atoms in total. The Morgan fingerprint density at radius 1 is 1.13 bits per heavy atom. The quantitative estimate of drug-likeness (QED) is 0.510. The molecule has 1 saturated carbocycles. The fourth-order valence-electron chi connectivity index (χ4n) is 3.09.